The van der Waals surface area contributed by atoms with Gasteiger partial charge in [-0.05, 0) is 39.3 Å². The number of aryl methyl sites for hydroxylation is 1. The highest BCUT2D eigenvalue weighted by molar-refractivity contribution is 6.31. The van der Waals surface area contributed by atoms with Gasteiger partial charge in [0.25, 0.3) is 0 Å². The van der Waals surface area contributed by atoms with Crippen LogP contribution in [0.4, 0.5) is 10.5 Å². The predicted octanol–water partition coefficient (Wildman–Crippen LogP) is 4.00. The topological polar surface area (TPSA) is 47.6 Å². The Kier molecular flexibility index (Phi) is 4.46. The van der Waals surface area contributed by atoms with Crippen molar-refractivity contribution in [1.29, 1.82) is 0 Å². The van der Waals surface area contributed by atoms with E-state index in [9.17, 15) is 4.79 Å². The summed E-state index contributed by atoms with van der Waals surface area (Å²) in [5.74, 6) is 0.497. The van der Waals surface area contributed by atoms with Gasteiger partial charge in [-0.2, -0.15) is 0 Å². The number of ether oxygens (including phenoxy) is 2. The van der Waals surface area contributed by atoms with E-state index in [-0.39, 0.29) is 0 Å². The molecule has 1 amide bonds. The minimum Gasteiger partial charge on any atom is -0.495 e. The van der Waals surface area contributed by atoms with E-state index in [4.69, 9.17) is 21.1 Å². The number of anilines is 1. The lowest BCUT2D eigenvalue weighted by atomic mass is 10.2. The van der Waals surface area contributed by atoms with Gasteiger partial charge >= 0.3 is 6.09 Å². The molecule has 0 aliphatic carbocycles. The molecule has 0 saturated heterocycles. The fraction of sp³-hybridized carbons (Fsp3) is 0.462. The lowest BCUT2D eigenvalue weighted by Gasteiger charge is -2.20. The second-order valence-electron chi connectivity index (χ2n) is 4.93. The molecular formula is C13H18ClNO3. The summed E-state index contributed by atoms with van der Waals surface area (Å²) in [6.07, 6.45) is -0.525. The van der Waals surface area contributed by atoms with E-state index in [0.29, 0.717) is 16.5 Å². The highest BCUT2D eigenvalue weighted by atomic mass is 35.5. The molecule has 0 unspecified atom stereocenters. The minimum absolute atomic E-state index is 0.497. The van der Waals surface area contributed by atoms with Crippen molar-refractivity contribution in [3.05, 3.63) is 22.7 Å². The summed E-state index contributed by atoms with van der Waals surface area (Å²) >= 11 is 5.98. The predicted molar refractivity (Wildman–Crippen MR) is 72.6 cm³/mol. The number of nitrogens with one attached hydrogen (secondary N) is 1. The van der Waals surface area contributed by atoms with Crippen LogP contribution in [0.15, 0.2) is 12.1 Å². The lowest BCUT2D eigenvalue weighted by Crippen LogP contribution is -2.27. The van der Waals surface area contributed by atoms with Crippen LogP contribution in [0.1, 0.15) is 26.3 Å². The fourth-order valence-electron chi connectivity index (χ4n) is 1.34. The van der Waals surface area contributed by atoms with Crippen LogP contribution in [0.5, 0.6) is 5.75 Å². The maximum Gasteiger partial charge on any atom is 0.412 e. The molecule has 0 heterocycles. The molecule has 1 rings (SSSR count). The zero-order valence-electron chi connectivity index (χ0n) is 11.3. The first-order chi connectivity index (χ1) is 8.23. The molecule has 0 aromatic heterocycles. The molecule has 18 heavy (non-hydrogen) atoms. The monoisotopic (exact) mass is 271 g/mol. The van der Waals surface area contributed by atoms with Crippen LogP contribution in [0.25, 0.3) is 0 Å². The van der Waals surface area contributed by atoms with Crippen molar-refractivity contribution < 1.29 is 14.3 Å². The highest BCUT2D eigenvalue weighted by Crippen LogP contribution is 2.31. The maximum atomic E-state index is 11.7. The third-order valence-corrected chi connectivity index (χ3v) is 2.52. The van der Waals surface area contributed by atoms with E-state index < -0.39 is 11.7 Å². The Morgan fingerprint density at radius 3 is 2.44 bits per heavy atom. The van der Waals surface area contributed by atoms with Crippen LogP contribution in [-0.4, -0.2) is 18.8 Å². The zero-order chi connectivity index (χ0) is 13.9. The largest absolute Gasteiger partial charge is 0.495 e. The summed E-state index contributed by atoms with van der Waals surface area (Å²) in [6, 6.07) is 3.40. The van der Waals surface area contributed by atoms with Gasteiger partial charge in [-0.3, -0.25) is 5.32 Å². The van der Waals surface area contributed by atoms with Gasteiger partial charge in [0.05, 0.1) is 12.8 Å². The molecule has 0 atom stereocenters. The summed E-state index contributed by atoms with van der Waals surface area (Å²) in [5, 5.41) is 3.23. The molecule has 0 bridgehead atoms. The number of amides is 1. The second-order valence-corrected chi connectivity index (χ2v) is 5.34. The molecule has 1 aromatic carbocycles. The smallest absolute Gasteiger partial charge is 0.412 e. The Balaban J connectivity index is 2.90. The first-order valence-electron chi connectivity index (χ1n) is 5.57. The number of halogens is 1. The first-order valence-corrected chi connectivity index (χ1v) is 5.95. The standard InChI is InChI=1S/C13H18ClNO3/c1-8-6-10(11(17-5)7-9(8)14)15-12(16)18-13(2,3)4/h6-7H,1-5H3,(H,15,16). The number of benzene rings is 1. The molecular weight excluding hydrogens is 254 g/mol. The first kappa shape index (κ1) is 14.6. The van der Waals surface area contributed by atoms with E-state index in [2.05, 4.69) is 5.32 Å². The Labute approximate surface area is 112 Å². The van der Waals surface area contributed by atoms with Crippen LogP contribution in [0.3, 0.4) is 0 Å². The number of carbonyl (C=O) groups is 1. The van der Waals surface area contributed by atoms with Crippen molar-refractivity contribution in [3.8, 4) is 5.75 Å². The zero-order valence-corrected chi connectivity index (χ0v) is 12.0. The molecule has 1 aromatic rings. The van der Waals surface area contributed by atoms with Gasteiger partial charge in [0.2, 0.25) is 0 Å². The van der Waals surface area contributed by atoms with Crippen LogP contribution in [0, 0.1) is 6.92 Å². The molecule has 0 spiro atoms. The maximum absolute atomic E-state index is 11.7. The molecule has 5 heteroatoms. The molecule has 100 valence electrons. The van der Waals surface area contributed by atoms with E-state index in [0.717, 1.165) is 5.56 Å². The molecule has 4 nitrogen and oxygen atoms in total. The van der Waals surface area contributed by atoms with E-state index in [1.807, 2.05) is 6.92 Å². The average Bonchev–Trinajstić information content (AvgIpc) is 2.20. The molecule has 0 saturated carbocycles. The SMILES string of the molecule is COc1cc(Cl)c(C)cc1NC(=O)OC(C)(C)C. The molecule has 0 radical (unpaired) electrons. The summed E-state index contributed by atoms with van der Waals surface area (Å²) in [5.41, 5.74) is 0.843. The highest BCUT2D eigenvalue weighted by Gasteiger charge is 2.18. The second kappa shape index (κ2) is 5.48. The van der Waals surface area contributed by atoms with Gasteiger partial charge in [0.15, 0.2) is 0 Å². The van der Waals surface area contributed by atoms with Crippen molar-refractivity contribution in [2.45, 2.75) is 33.3 Å². The van der Waals surface area contributed by atoms with Gasteiger partial charge in [-0.1, -0.05) is 11.6 Å². The quantitative estimate of drug-likeness (QED) is 0.884. The molecule has 0 aliphatic rings. The summed E-state index contributed by atoms with van der Waals surface area (Å²) < 4.78 is 10.3. The van der Waals surface area contributed by atoms with Crippen LogP contribution in [-0.2, 0) is 4.74 Å². The lowest BCUT2D eigenvalue weighted by molar-refractivity contribution is 0.0635. The average molecular weight is 272 g/mol. The van der Waals surface area contributed by atoms with Crippen molar-refractivity contribution in [2.24, 2.45) is 0 Å². The molecule has 1 N–H and O–H groups in total. The molecule has 0 aliphatic heterocycles. The van der Waals surface area contributed by atoms with Gasteiger partial charge in [-0.15, -0.1) is 0 Å². The normalized spacial score (nSPS) is 11.0. The summed E-state index contributed by atoms with van der Waals surface area (Å²) in [7, 11) is 1.52. The number of methoxy groups -OCH3 is 1. The Morgan fingerprint density at radius 2 is 1.94 bits per heavy atom. The van der Waals surface area contributed by atoms with E-state index in [1.165, 1.54) is 7.11 Å². The van der Waals surface area contributed by atoms with E-state index in [1.54, 1.807) is 32.9 Å². The Bertz CT molecular complexity index is 452. The van der Waals surface area contributed by atoms with Gasteiger partial charge in [0, 0.05) is 11.1 Å². The summed E-state index contributed by atoms with van der Waals surface area (Å²) in [6.45, 7) is 7.26. The van der Waals surface area contributed by atoms with Gasteiger partial charge < -0.3 is 9.47 Å². The fourth-order valence-corrected chi connectivity index (χ4v) is 1.50. The Morgan fingerprint density at radius 1 is 1.33 bits per heavy atom. The van der Waals surface area contributed by atoms with Crippen molar-refractivity contribution in [1.82, 2.24) is 0 Å². The van der Waals surface area contributed by atoms with Crippen molar-refractivity contribution in [3.63, 3.8) is 0 Å². The van der Waals surface area contributed by atoms with Crippen LogP contribution < -0.4 is 10.1 Å². The Hall–Kier alpha value is -1.42. The third-order valence-electron chi connectivity index (χ3n) is 2.12. The van der Waals surface area contributed by atoms with Crippen molar-refractivity contribution in [2.75, 3.05) is 12.4 Å². The number of carbonyl (C=O) groups excluding carboxylic acids is 1. The van der Waals surface area contributed by atoms with Gasteiger partial charge in [0.1, 0.15) is 11.4 Å². The van der Waals surface area contributed by atoms with Crippen LogP contribution in [0.2, 0.25) is 5.02 Å². The van der Waals surface area contributed by atoms with Crippen molar-refractivity contribution >= 4 is 23.4 Å². The third kappa shape index (κ3) is 4.11. The van der Waals surface area contributed by atoms with E-state index >= 15 is 0 Å². The summed E-state index contributed by atoms with van der Waals surface area (Å²) in [4.78, 5) is 11.7. The van der Waals surface area contributed by atoms with Gasteiger partial charge in [-0.25, -0.2) is 4.79 Å². The number of hydrogen-bond acceptors (Lipinski definition) is 3. The minimum atomic E-state index is -0.543. The number of rotatable bonds is 2. The number of hydrogen-bond donors (Lipinski definition) is 1. The van der Waals surface area contributed by atoms with Crippen LogP contribution >= 0.6 is 11.6 Å². The molecule has 0 fully saturated rings.